The molecule has 0 aliphatic heterocycles. The topological polar surface area (TPSA) is 66.5 Å². The molecular formula is C21H17Cl2FN2O3S. The summed E-state index contributed by atoms with van der Waals surface area (Å²) in [6.45, 7) is 1.30. The molecule has 0 aliphatic carbocycles. The molecule has 0 aliphatic rings. The van der Waals surface area contributed by atoms with E-state index in [4.69, 9.17) is 23.2 Å². The van der Waals surface area contributed by atoms with Gasteiger partial charge in [-0.3, -0.25) is 9.10 Å². The van der Waals surface area contributed by atoms with Gasteiger partial charge in [0.15, 0.2) is 0 Å². The van der Waals surface area contributed by atoms with Crippen molar-refractivity contribution in [3.63, 3.8) is 0 Å². The first-order chi connectivity index (χ1) is 14.1. The van der Waals surface area contributed by atoms with Gasteiger partial charge in [-0.2, -0.15) is 0 Å². The summed E-state index contributed by atoms with van der Waals surface area (Å²) >= 11 is 11.9. The van der Waals surface area contributed by atoms with E-state index in [0.717, 1.165) is 22.0 Å². The maximum absolute atomic E-state index is 13.4. The minimum atomic E-state index is -4.09. The van der Waals surface area contributed by atoms with E-state index >= 15 is 0 Å². The number of carbonyl (C=O) groups excluding carboxylic acids is 1. The smallest absolute Gasteiger partial charge is 0.264 e. The summed E-state index contributed by atoms with van der Waals surface area (Å²) in [6.07, 6.45) is 0. The van der Waals surface area contributed by atoms with Crippen molar-refractivity contribution in [3.05, 3.63) is 88.2 Å². The van der Waals surface area contributed by atoms with Gasteiger partial charge in [0, 0.05) is 15.7 Å². The predicted molar refractivity (Wildman–Crippen MR) is 117 cm³/mol. The van der Waals surface area contributed by atoms with E-state index in [2.05, 4.69) is 5.32 Å². The first-order valence-corrected chi connectivity index (χ1v) is 11.0. The monoisotopic (exact) mass is 466 g/mol. The fraction of sp³-hybridized carbons (Fsp3) is 0.0952. The van der Waals surface area contributed by atoms with Crippen molar-refractivity contribution in [2.45, 2.75) is 11.8 Å². The molecule has 3 rings (SSSR count). The highest BCUT2D eigenvalue weighted by Crippen LogP contribution is 2.26. The van der Waals surface area contributed by atoms with Crippen molar-refractivity contribution in [1.82, 2.24) is 0 Å². The van der Waals surface area contributed by atoms with E-state index in [0.29, 0.717) is 15.7 Å². The largest absolute Gasteiger partial charge is 0.324 e. The lowest BCUT2D eigenvalue weighted by Crippen LogP contribution is -2.38. The quantitative estimate of drug-likeness (QED) is 0.537. The van der Waals surface area contributed by atoms with E-state index in [9.17, 15) is 17.6 Å². The Labute approximate surface area is 184 Å². The summed E-state index contributed by atoms with van der Waals surface area (Å²) in [7, 11) is -4.09. The number of benzene rings is 3. The summed E-state index contributed by atoms with van der Waals surface area (Å²) < 4.78 is 40.8. The Morgan fingerprint density at radius 1 is 0.967 bits per heavy atom. The van der Waals surface area contributed by atoms with Crippen molar-refractivity contribution < 1.29 is 17.6 Å². The van der Waals surface area contributed by atoms with Gasteiger partial charge in [0.1, 0.15) is 12.4 Å². The normalized spacial score (nSPS) is 11.2. The molecule has 0 atom stereocenters. The van der Waals surface area contributed by atoms with Crippen LogP contribution in [-0.4, -0.2) is 20.9 Å². The van der Waals surface area contributed by atoms with Crippen LogP contribution in [0.1, 0.15) is 5.56 Å². The summed E-state index contributed by atoms with van der Waals surface area (Å²) in [6, 6.07) is 15.5. The van der Waals surface area contributed by atoms with Gasteiger partial charge in [0.25, 0.3) is 10.0 Å². The molecule has 0 saturated carbocycles. The lowest BCUT2D eigenvalue weighted by Gasteiger charge is -2.24. The van der Waals surface area contributed by atoms with E-state index in [1.54, 1.807) is 12.1 Å². The van der Waals surface area contributed by atoms with Crippen LogP contribution >= 0.6 is 23.2 Å². The second-order valence-corrected chi connectivity index (χ2v) is 9.24. The van der Waals surface area contributed by atoms with Crippen LogP contribution in [0.4, 0.5) is 15.8 Å². The zero-order valence-corrected chi connectivity index (χ0v) is 18.1. The number of nitrogens with one attached hydrogen (secondary N) is 1. The maximum atomic E-state index is 13.4. The Bertz CT molecular complexity index is 1150. The van der Waals surface area contributed by atoms with Crippen molar-refractivity contribution >= 4 is 50.5 Å². The molecule has 0 spiro atoms. The number of halogens is 3. The lowest BCUT2D eigenvalue weighted by atomic mass is 10.2. The van der Waals surface area contributed by atoms with Gasteiger partial charge in [-0.1, -0.05) is 40.9 Å². The second-order valence-electron chi connectivity index (χ2n) is 6.51. The molecule has 0 aromatic heterocycles. The van der Waals surface area contributed by atoms with Gasteiger partial charge in [-0.15, -0.1) is 0 Å². The fourth-order valence-corrected chi connectivity index (χ4v) is 4.66. The van der Waals surface area contributed by atoms with E-state index in [-0.39, 0.29) is 10.6 Å². The number of amides is 1. The average Bonchev–Trinajstić information content (AvgIpc) is 2.66. The molecule has 0 unspecified atom stereocenters. The van der Waals surface area contributed by atoms with Crippen LogP contribution in [0.15, 0.2) is 71.6 Å². The van der Waals surface area contributed by atoms with E-state index < -0.39 is 28.3 Å². The highest BCUT2D eigenvalue weighted by atomic mass is 35.5. The Balaban J connectivity index is 1.94. The van der Waals surface area contributed by atoms with Crippen LogP contribution in [0.5, 0.6) is 0 Å². The molecule has 0 bridgehead atoms. The molecular weight excluding hydrogens is 450 g/mol. The zero-order chi connectivity index (χ0) is 21.9. The number of rotatable bonds is 6. The molecule has 1 amide bonds. The van der Waals surface area contributed by atoms with Crippen molar-refractivity contribution in [2.75, 3.05) is 16.2 Å². The molecule has 30 heavy (non-hydrogen) atoms. The lowest BCUT2D eigenvalue weighted by molar-refractivity contribution is -0.114. The summed E-state index contributed by atoms with van der Waals surface area (Å²) in [5, 5.41) is 3.22. The van der Waals surface area contributed by atoms with Crippen LogP contribution in [-0.2, 0) is 14.8 Å². The third-order valence-electron chi connectivity index (χ3n) is 4.16. The van der Waals surface area contributed by atoms with Gasteiger partial charge in [0.2, 0.25) is 5.91 Å². The molecule has 0 radical (unpaired) electrons. The molecule has 9 heteroatoms. The van der Waals surface area contributed by atoms with Crippen LogP contribution in [0.25, 0.3) is 0 Å². The minimum Gasteiger partial charge on any atom is -0.324 e. The summed E-state index contributed by atoms with van der Waals surface area (Å²) in [5.41, 5.74) is 1.36. The van der Waals surface area contributed by atoms with Gasteiger partial charge < -0.3 is 5.32 Å². The predicted octanol–water partition coefficient (Wildman–Crippen LogP) is 5.27. The molecule has 3 aromatic carbocycles. The van der Waals surface area contributed by atoms with Crippen LogP contribution < -0.4 is 9.62 Å². The summed E-state index contributed by atoms with van der Waals surface area (Å²) in [5.74, 6) is -1.14. The minimum absolute atomic E-state index is 0.0102. The van der Waals surface area contributed by atoms with Crippen molar-refractivity contribution in [3.8, 4) is 0 Å². The molecule has 0 heterocycles. The molecule has 0 fully saturated rings. The number of aryl methyl sites for hydroxylation is 1. The third-order valence-corrected chi connectivity index (χ3v) is 6.38. The Hall–Kier alpha value is -2.61. The van der Waals surface area contributed by atoms with Gasteiger partial charge in [0.05, 0.1) is 10.6 Å². The van der Waals surface area contributed by atoms with Gasteiger partial charge >= 0.3 is 0 Å². The highest BCUT2D eigenvalue weighted by Gasteiger charge is 2.27. The van der Waals surface area contributed by atoms with Gasteiger partial charge in [-0.25, -0.2) is 12.8 Å². The maximum Gasteiger partial charge on any atom is 0.264 e. The number of carbonyl (C=O) groups is 1. The Morgan fingerprint density at radius 3 is 2.10 bits per heavy atom. The standard InChI is InChI=1S/C21H17Cl2FN2O3S/c1-14-2-8-20(9-3-14)30(28,29)26(19-6-4-17(24)5-7-19)13-21(27)25-18-11-15(22)10-16(23)12-18/h2-12H,13H2,1H3,(H,25,27). The van der Waals surface area contributed by atoms with Crippen LogP contribution in [0, 0.1) is 12.7 Å². The Morgan fingerprint density at radius 2 is 1.53 bits per heavy atom. The van der Waals surface area contributed by atoms with Crippen LogP contribution in [0.2, 0.25) is 10.0 Å². The number of hydrogen-bond donors (Lipinski definition) is 1. The molecule has 156 valence electrons. The first-order valence-electron chi connectivity index (χ1n) is 8.76. The number of nitrogens with zero attached hydrogens (tertiary/aromatic N) is 1. The Kier molecular flexibility index (Phi) is 6.65. The van der Waals surface area contributed by atoms with Crippen LogP contribution in [0.3, 0.4) is 0 Å². The molecule has 5 nitrogen and oxygen atoms in total. The SMILES string of the molecule is Cc1ccc(S(=O)(=O)N(CC(=O)Nc2cc(Cl)cc(Cl)c2)c2ccc(F)cc2)cc1. The third kappa shape index (κ3) is 5.30. The second kappa shape index (κ2) is 9.04. The number of hydrogen-bond acceptors (Lipinski definition) is 3. The average molecular weight is 467 g/mol. The number of sulfonamides is 1. The summed E-state index contributed by atoms with van der Waals surface area (Å²) in [4.78, 5) is 12.7. The van der Waals surface area contributed by atoms with Crippen molar-refractivity contribution in [1.29, 1.82) is 0 Å². The zero-order valence-electron chi connectivity index (χ0n) is 15.8. The molecule has 0 saturated heterocycles. The molecule has 3 aromatic rings. The van der Waals surface area contributed by atoms with Gasteiger partial charge in [-0.05, 0) is 61.5 Å². The fourth-order valence-electron chi connectivity index (χ4n) is 2.72. The van der Waals surface area contributed by atoms with E-state index in [1.165, 1.54) is 42.5 Å². The van der Waals surface area contributed by atoms with E-state index in [1.807, 2.05) is 6.92 Å². The highest BCUT2D eigenvalue weighted by molar-refractivity contribution is 7.92. The first kappa shape index (κ1) is 22.1. The van der Waals surface area contributed by atoms with Crippen molar-refractivity contribution in [2.24, 2.45) is 0 Å². The number of anilines is 2. The molecule has 1 N–H and O–H groups in total.